The topological polar surface area (TPSA) is 61.6 Å². The zero-order valence-electron chi connectivity index (χ0n) is 9.82. The summed E-state index contributed by atoms with van der Waals surface area (Å²) in [6, 6.07) is 7.65. The Labute approximate surface area is 118 Å². The number of aromatic nitrogens is 2. The molecule has 96 valence electrons. The average Bonchev–Trinajstić information content (AvgIpc) is 2.38. The molecule has 0 saturated heterocycles. The van der Waals surface area contributed by atoms with Crippen molar-refractivity contribution in [1.29, 1.82) is 5.26 Å². The number of nitrogens with one attached hydrogen (secondary N) is 1. The molecule has 0 aliphatic rings. The molecular formula is C12H8ClFN4S. The zero-order valence-corrected chi connectivity index (χ0v) is 11.4. The van der Waals surface area contributed by atoms with E-state index < -0.39 is 5.82 Å². The van der Waals surface area contributed by atoms with E-state index >= 15 is 0 Å². The van der Waals surface area contributed by atoms with Crippen LogP contribution in [-0.2, 0) is 0 Å². The Morgan fingerprint density at radius 2 is 2.21 bits per heavy atom. The van der Waals surface area contributed by atoms with Gasteiger partial charge in [-0.15, -0.1) is 0 Å². The highest BCUT2D eigenvalue weighted by Crippen LogP contribution is 2.24. The molecular weight excluding hydrogens is 287 g/mol. The first-order valence-corrected chi connectivity index (χ1v) is 6.78. The highest BCUT2D eigenvalue weighted by molar-refractivity contribution is 7.98. The summed E-state index contributed by atoms with van der Waals surface area (Å²) < 4.78 is 13.5. The first-order chi connectivity index (χ1) is 9.13. The first kappa shape index (κ1) is 13.6. The van der Waals surface area contributed by atoms with E-state index in [1.54, 1.807) is 6.07 Å². The second-order valence-electron chi connectivity index (χ2n) is 3.46. The third kappa shape index (κ3) is 3.13. The van der Waals surface area contributed by atoms with Crippen LogP contribution in [0.4, 0.5) is 15.9 Å². The molecule has 0 spiro atoms. The Bertz CT molecular complexity index is 657. The van der Waals surface area contributed by atoms with Gasteiger partial charge < -0.3 is 5.32 Å². The normalized spacial score (nSPS) is 10.0. The van der Waals surface area contributed by atoms with Gasteiger partial charge in [-0.3, -0.25) is 0 Å². The summed E-state index contributed by atoms with van der Waals surface area (Å²) in [7, 11) is 0. The largest absolute Gasteiger partial charge is 0.339 e. The number of hydrogen-bond acceptors (Lipinski definition) is 5. The SMILES string of the molecule is CSc1nc(Cl)cc(Nc2cccc(F)c2C#N)n1. The van der Waals surface area contributed by atoms with Gasteiger partial charge in [0, 0.05) is 6.07 Å². The Balaban J connectivity index is 2.39. The molecule has 1 heterocycles. The van der Waals surface area contributed by atoms with Crippen LogP contribution in [0.3, 0.4) is 0 Å². The highest BCUT2D eigenvalue weighted by Gasteiger charge is 2.09. The average molecular weight is 295 g/mol. The maximum Gasteiger partial charge on any atom is 0.190 e. The second kappa shape index (κ2) is 5.87. The summed E-state index contributed by atoms with van der Waals surface area (Å²) in [6.45, 7) is 0. The van der Waals surface area contributed by atoms with E-state index in [0.29, 0.717) is 16.7 Å². The molecule has 0 radical (unpaired) electrons. The third-order valence-corrected chi connectivity index (χ3v) is 2.99. The number of hydrogen-bond donors (Lipinski definition) is 1. The van der Waals surface area contributed by atoms with Crippen LogP contribution in [0.25, 0.3) is 0 Å². The fourth-order valence-electron chi connectivity index (χ4n) is 1.43. The molecule has 1 N–H and O–H groups in total. The van der Waals surface area contributed by atoms with Gasteiger partial charge >= 0.3 is 0 Å². The summed E-state index contributed by atoms with van der Waals surface area (Å²) >= 11 is 7.19. The number of thioether (sulfide) groups is 1. The number of anilines is 2. The molecule has 19 heavy (non-hydrogen) atoms. The van der Waals surface area contributed by atoms with Crippen molar-refractivity contribution in [2.45, 2.75) is 5.16 Å². The van der Waals surface area contributed by atoms with Crippen LogP contribution in [0.1, 0.15) is 5.56 Å². The molecule has 7 heteroatoms. The van der Waals surface area contributed by atoms with Gasteiger partial charge in [0.15, 0.2) is 5.16 Å². The molecule has 0 bridgehead atoms. The van der Waals surface area contributed by atoms with Crippen molar-refractivity contribution in [2.24, 2.45) is 0 Å². The Kier molecular flexibility index (Phi) is 4.20. The van der Waals surface area contributed by atoms with Gasteiger partial charge in [-0.2, -0.15) is 5.26 Å². The van der Waals surface area contributed by atoms with Gasteiger partial charge in [-0.1, -0.05) is 29.4 Å². The van der Waals surface area contributed by atoms with Crippen molar-refractivity contribution >= 4 is 34.9 Å². The van der Waals surface area contributed by atoms with Crippen LogP contribution in [0, 0.1) is 17.1 Å². The van der Waals surface area contributed by atoms with E-state index in [-0.39, 0.29) is 10.7 Å². The predicted molar refractivity (Wildman–Crippen MR) is 73.2 cm³/mol. The number of halogens is 2. The monoisotopic (exact) mass is 294 g/mol. The van der Waals surface area contributed by atoms with Crippen LogP contribution in [0.2, 0.25) is 5.15 Å². The molecule has 4 nitrogen and oxygen atoms in total. The van der Waals surface area contributed by atoms with Crippen LogP contribution >= 0.6 is 23.4 Å². The second-order valence-corrected chi connectivity index (χ2v) is 4.62. The van der Waals surface area contributed by atoms with Crippen LogP contribution in [0.15, 0.2) is 29.4 Å². The molecule has 0 aliphatic heterocycles. The minimum absolute atomic E-state index is 0.0667. The number of benzene rings is 1. The summed E-state index contributed by atoms with van der Waals surface area (Å²) in [5.74, 6) is -0.177. The molecule has 0 fully saturated rings. The van der Waals surface area contributed by atoms with Crippen molar-refractivity contribution in [3.8, 4) is 6.07 Å². The standard InChI is InChI=1S/C12H8ClFN4S/c1-19-12-17-10(13)5-11(18-12)16-9-4-2-3-8(14)7(9)6-15/h2-5H,1H3,(H,16,17,18). The molecule has 0 atom stereocenters. The van der Waals surface area contributed by atoms with E-state index in [1.165, 1.54) is 30.0 Å². The lowest BCUT2D eigenvalue weighted by Gasteiger charge is -2.08. The Morgan fingerprint density at radius 3 is 2.89 bits per heavy atom. The molecule has 2 aromatic rings. The number of nitrogens with zero attached hydrogens (tertiary/aromatic N) is 3. The lowest BCUT2D eigenvalue weighted by Crippen LogP contribution is -1.99. The first-order valence-electron chi connectivity index (χ1n) is 5.18. The predicted octanol–water partition coefficient (Wildman–Crippen LogP) is 3.61. The zero-order chi connectivity index (χ0) is 13.8. The van der Waals surface area contributed by atoms with E-state index in [1.807, 2.05) is 12.3 Å². The third-order valence-electron chi connectivity index (χ3n) is 2.25. The molecule has 0 saturated carbocycles. The van der Waals surface area contributed by atoms with Crippen molar-refractivity contribution in [2.75, 3.05) is 11.6 Å². The number of nitriles is 1. The quantitative estimate of drug-likeness (QED) is 0.532. The van der Waals surface area contributed by atoms with E-state index in [4.69, 9.17) is 16.9 Å². The van der Waals surface area contributed by atoms with Crippen molar-refractivity contribution < 1.29 is 4.39 Å². The van der Waals surface area contributed by atoms with Gasteiger partial charge in [0.2, 0.25) is 0 Å². The van der Waals surface area contributed by atoms with Gasteiger partial charge in [0.25, 0.3) is 0 Å². The van der Waals surface area contributed by atoms with Crippen molar-refractivity contribution in [3.63, 3.8) is 0 Å². The molecule has 0 aliphatic carbocycles. The summed E-state index contributed by atoms with van der Waals surface area (Å²) in [6.07, 6.45) is 1.82. The fraction of sp³-hybridized carbons (Fsp3) is 0.0833. The molecule has 0 unspecified atom stereocenters. The smallest absolute Gasteiger partial charge is 0.190 e. The number of rotatable bonds is 3. The highest BCUT2D eigenvalue weighted by atomic mass is 35.5. The summed E-state index contributed by atoms with van der Waals surface area (Å²) in [5, 5.41) is 12.6. The molecule has 2 rings (SSSR count). The van der Waals surface area contributed by atoms with Gasteiger partial charge in [-0.05, 0) is 18.4 Å². The van der Waals surface area contributed by atoms with Crippen molar-refractivity contribution in [3.05, 3.63) is 40.8 Å². The minimum atomic E-state index is -0.585. The summed E-state index contributed by atoms with van der Waals surface area (Å²) in [5.41, 5.74) is 0.271. The maximum atomic E-state index is 13.5. The molecule has 1 aromatic heterocycles. The van der Waals surface area contributed by atoms with Crippen LogP contribution < -0.4 is 5.32 Å². The summed E-state index contributed by atoms with van der Waals surface area (Å²) in [4.78, 5) is 8.17. The van der Waals surface area contributed by atoms with E-state index in [9.17, 15) is 4.39 Å². The maximum absolute atomic E-state index is 13.5. The fourth-order valence-corrected chi connectivity index (χ4v) is 2.04. The van der Waals surface area contributed by atoms with Gasteiger partial charge in [-0.25, -0.2) is 14.4 Å². The molecule has 1 aromatic carbocycles. The van der Waals surface area contributed by atoms with Crippen LogP contribution in [0.5, 0.6) is 0 Å². The van der Waals surface area contributed by atoms with E-state index in [0.717, 1.165) is 0 Å². The minimum Gasteiger partial charge on any atom is -0.339 e. The van der Waals surface area contributed by atoms with Gasteiger partial charge in [0.05, 0.1) is 5.69 Å². The van der Waals surface area contributed by atoms with Crippen molar-refractivity contribution in [1.82, 2.24) is 9.97 Å². The van der Waals surface area contributed by atoms with E-state index in [2.05, 4.69) is 15.3 Å². The lowest BCUT2D eigenvalue weighted by atomic mass is 10.2. The molecule has 0 amide bonds. The van der Waals surface area contributed by atoms with Crippen LogP contribution in [-0.4, -0.2) is 16.2 Å². The van der Waals surface area contributed by atoms with Gasteiger partial charge in [0.1, 0.15) is 28.4 Å². The Hall–Kier alpha value is -1.84. The Morgan fingerprint density at radius 1 is 1.42 bits per heavy atom. The lowest BCUT2D eigenvalue weighted by molar-refractivity contribution is 0.624.